The van der Waals surface area contributed by atoms with Crippen molar-refractivity contribution in [3.63, 3.8) is 0 Å². The molecule has 0 atom stereocenters. The van der Waals surface area contributed by atoms with E-state index in [2.05, 4.69) is 18.3 Å². The standard InChI is InChI=1S/C7H5Cl2.Ru/c8-7(9)6-4-2-1-3-5-6;/h1-5H;/q;+1. The summed E-state index contributed by atoms with van der Waals surface area (Å²) in [4.78, 5) is 0. The van der Waals surface area contributed by atoms with Crippen LogP contribution in [0.2, 0.25) is 0 Å². The van der Waals surface area contributed by atoms with Gasteiger partial charge in [-0.3, -0.25) is 0 Å². The quantitative estimate of drug-likeness (QED) is 0.538. The van der Waals surface area contributed by atoms with Crippen molar-refractivity contribution < 1.29 is 18.3 Å². The van der Waals surface area contributed by atoms with E-state index < -0.39 is 2.93 Å². The SMILES string of the molecule is Cl[C](Cl)([Ru+])c1ccccc1. The zero-order valence-electron chi connectivity index (χ0n) is 5.00. The molecule has 1 rings (SSSR count). The van der Waals surface area contributed by atoms with Crippen LogP contribution in [0.15, 0.2) is 30.3 Å². The van der Waals surface area contributed by atoms with E-state index in [-0.39, 0.29) is 0 Å². The second-order valence-electron chi connectivity index (χ2n) is 1.85. The molecule has 1 aromatic rings. The van der Waals surface area contributed by atoms with E-state index in [1.807, 2.05) is 30.3 Å². The molecule has 54 valence electrons. The Balaban J connectivity index is 2.97. The van der Waals surface area contributed by atoms with Crippen molar-refractivity contribution in [1.82, 2.24) is 0 Å². The van der Waals surface area contributed by atoms with Gasteiger partial charge in [-0.1, -0.05) is 0 Å². The van der Waals surface area contributed by atoms with Crippen molar-refractivity contribution in [1.29, 1.82) is 0 Å². The zero-order valence-corrected chi connectivity index (χ0v) is 8.25. The first-order chi connectivity index (χ1) is 4.61. The minimum atomic E-state index is -0.833. The summed E-state index contributed by atoms with van der Waals surface area (Å²) in [5.74, 6) is 0. The first kappa shape index (κ1) is 8.52. The van der Waals surface area contributed by atoms with Crippen LogP contribution in [0, 0.1) is 0 Å². The van der Waals surface area contributed by atoms with Crippen molar-refractivity contribution in [2.75, 3.05) is 0 Å². The fourth-order valence-corrected chi connectivity index (χ4v) is 1.16. The molecule has 0 nitrogen and oxygen atoms in total. The predicted molar refractivity (Wildman–Crippen MR) is 39.8 cm³/mol. The summed E-state index contributed by atoms with van der Waals surface area (Å²) in [6.45, 7) is 0. The Labute approximate surface area is 80.2 Å². The normalized spacial score (nSPS) is 11.5. The number of hydrogen-bond acceptors (Lipinski definition) is 0. The monoisotopic (exact) mass is 261 g/mol. The van der Waals surface area contributed by atoms with Crippen LogP contribution in [0.3, 0.4) is 0 Å². The van der Waals surface area contributed by atoms with Crippen LogP contribution in [0.5, 0.6) is 0 Å². The van der Waals surface area contributed by atoms with Gasteiger partial charge in [-0.15, -0.1) is 0 Å². The third-order valence-electron chi connectivity index (χ3n) is 1.09. The summed E-state index contributed by atoms with van der Waals surface area (Å²) in [6, 6.07) is 9.50. The first-order valence-electron chi connectivity index (χ1n) is 2.72. The van der Waals surface area contributed by atoms with Crippen molar-refractivity contribution in [2.45, 2.75) is 2.93 Å². The van der Waals surface area contributed by atoms with E-state index >= 15 is 0 Å². The summed E-state index contributed by atoms with van der Waals surface area (Å²) in [5, 5.41) is 0. The van der Waals surface area contributed by atoms with Gasteiger partial charge in [-0.25, -0.2) is 0 Å². The van der Waals surface area contributed by atoms with Crippen molar-refractivity contribution in [2.24, 2.45) is 0 Å². The van der Waals surface area contributed by atoms with Crippen LogP contribution in [-0.4, -0.2) is 0 Å². The molecule has 0 saturated heterocycles. The van der Waals surface area contributed by atoms with Gasteiger partial charge in [-0.05, 0) is 0 Å². The number of halogens is 2. The van der Waals surface area contributed by atoms with Crippen molar-refractivity contribution in [3.05, 3.63) is 35.9 Å². The fourth-order valence-electron chi connectivity index (χ4n) is 0.623. The molecule has 0 bridgehead atoms. The van der Waals surface area contributed by atoms with Gasteiger partial charge in [0.15, 0.2) is 0 Å². The summed E-state index contributed by atoms with van der Waals surface area (Å²) in [6.07, 6.45) is 0. The van der Waals surface area contributed by atoms with E-state index in [4.69, 9.17) is 23.2 Å². The Kier molecular flexibility index (Phi) is 2.74. The molecule has 0 N–H and O–H groups in total. The molecule has 0 fully saturated rings. The topological polar surface area (TPSA) is 0 Å². The van der Waals surface area contributed by atoms with Crippen molar-refractivity contribution in [3.8, 4) is 0 Å². The summed E-state index contributed by atoms with van der Waals surface area (Å²) in [5.41, 5.74) is 0.898. The number of alkyl halides is 2. The van der Waals surface area contributed by atoms with E-state index in [1.54, 1.807) is 0 Å². The Bertz CT molecular complexity index is 203. The van der Waals surface area contributed by atoms with Crippen molar-refractivity contribution >= 4 is 23.2 Å². The van der Waals surface area contributed by atoms with Gasteiger partial charge in [0, 0.05) is 0 Å². The van der Waals surface area contributed by atoms with Gasteiger partial charge in [-0.2, -0.15) is 0 Å². The number of hydrogen-bond donors (Lipinski definition) is 0. The van der Waals surface area contributed by atoms with Crippen LogP contribution in [-0.2, 0) is 21.2 Å². The van der Waals surface area contributed by atoms with Gasteiger partial charge in [0.2, 0.25) is 0 Å². The molecule has 0 saturated carbocycles. The summed E-state index contributed by atoms with van der Waals surface area (Å²) >= 11 is 13.8. The Hall–Kier alpha value is 0.423. The van der Waals surface area contributed by atoms with Gasteiger partial charge in [0.1, 0.15) is 0 Å². The Morgan fingerprint density at radius 3 is 1.90 bits per heavy atom. The molecule has 0 radical (unpaired) electrons. The van der Waals surface area contributed by atoms with E-state index in [1.165, 1.54) is 0 Å². The minimum absolute atomic E-state index is 0.833. The van der Waals surface area contributed by atoms with Crippen LogP contribution < -0.4 is 0 Å². The van der Waals surface area contributed by atoms with Gasteiger partial charge in [0.05, 0.1) is 0 Å². The van der Waals surface area contributed by atoms with Gasteiger partial charge >= 0.3 is 80.3 Å². The third-order valence-corrected chi connectivity index (χ3v) is 2.03. The van der Waals surface area contributed by atoms with Crippen LogP contribution >= 0.6 is 23.2 Å². The molecule has 0 aliphatic heterocycles. The molecule has 0 aromatic heterocycles. The summed E-state index contributed by atoms with van der Waals surface area (Å²) in [7, 11) is 0. The predicted octanol–water partition coefficient (Wildman–Crippen LogP) is 2.82. The zero-order chi connectivity index (χ0) is 7.61. The molecule has 1 aromatic carbocycles. The van der Waals surface area contributed by atoms with Crippen LogP contribution in [0.1, 0.15) is 5.56 Å². The molecule has 0 unspecified atom stereocenters. The summed E-state index contributed by atoms with van der Waals surface area (Å²) < 4.78 is -0.833. The Morgan fingerprint density at radius 2 is 1.60 bits per heavy atom. The molecule has 0 heterocycles. The Morgan fingerprint density at radius 1 is 1.10 bits per heavy atom. The second kappa shape index (κ2) is 3.21. The first-order valence-corrected chi connectivity index (χ1v) is 4.34. The molecule has 0 spiro atoms. The maximum absolute atomic E-state index is 5.79. The molecule has 0 amide bonds. The van der Waals surface area contributed by atoms with E-state index in [9.17, 15) is 0 Å². The van der Waals surface area contributed by atoms with Gasteiger partial charge < -0.3 is 0 Å². The van der Waals surface area contributed by atoms with Crippen LogP contribution in [0.4, 0.5) is 0 Å². The van der Waals surface area contributed by atoms with Crippen LogP contribution in [0.25, 0.3) is 0 Å². The average Bonchev–Trinajstić information content (AvgIpc) is 1.88. The average molecular weight is 261 g/mol. The van der Waals surface area contributed by atoms with E-state index in [0.29, 0.717) is 0 Å². The number of benzene rings is 1. The maximum atomic E-state index is 5.79. The molecule has 0 aliphatic carbocycles. The third kappa shape index (κ3) is 2.23. The van der Waals surface area contributed by atoms with Gasteiger partial charge in [0.25, 0.3) is 0 Å². The fraction of sp³-hybridized carbons (Fsp3) is 0.143. The molecule has 3 heteroatoms. The second-order valence-corrected chi connectivity index (χ2v) is 5.47. The molecule has 10 heavy (non-hydrogen) atoms. The molecular formula is C7H5Cl2Ru+. The molecular weight excluding hydrogens is 256 g/mol. The number of rotatable bonds is 1. The molecule has 0 aliphatic rings. The van der Waals surface area contributed by atoms with E-state index in [0.717, 1.165) is 5.56 Å².